The van der Waals surface area contributed by atoms with Gasteiger partial charge in [-0.1, -0.05) is 13.8 Å². The average Bonchev–Trinajstić information content (AvgIpc) is 2.41. The Hall–Kier alpha value is -1.40. The van der Waals surface area contributed by atoms with E-state index in [0.29, 0.717) is 13.1 Å². The topological polar surface area (TPSA) is 73.3 Å². The van der Waals surface area contributed by atoms with Gasteiger partial charge in [0.25, 0.3) is 0 Å². The summed E-state index contributed by atoms with van der Waals surface area (Å²) >= 11 is 0. The number of nitrogens with one attached hydrogen (secondary N) is 2. The number of anilines is 2. The normalized spacial score (nSPS) is 14.0. The highest BCUT2D eigenvalue weighted by Gasteiger charge is 2.21. The second kappa shape index (κ2) is 8.14. The van der Waals surface area contributed by atoms with Crippen LogP contribution >= 0.6 is 0 Å². The molecule has 0 saturated heterocycles. The molecule has 6 heteroatoms. The van der Waals surface area contributed by atoms with Crippen molar-refractivity contribution in [3.63, 3.8) is 0 Å². The average molecular weight is 295 g/mol. The molecule has 6 nitrogen and oxygen atoms in total. The van der Waals surface area contributed by atoms with E-state index in [9.17, 15) is 5.11 Å². The summed E-state index contributed by atoms with van der Waals surface area (Å²) in [4.78, 5) is 10.9. The summed E-state index contributed by atoms with van der Waals surface area (Å²) in [5, 5.41) is 16.8. The van der Waals surface area contributed by atoms with Crippen LogP contribution in [0.1, 0.15) is 33.0 Å². The van der Waals surface area contributed by atoms with Crippen LogP contribution in [0.25, 0.3) is 0 Å². The first-order chi connectivity index (χ1) is 9.86. The van der Waals surface area contributed by atoms with Crippen molar-refractivity contribution in [1.82, 2.24) is 14.9 Å². The van der Waals surface area contributed by atoms with Crippen LogP contribution in [-0.4, -0.2) is 59.3 Å². The Morgan fingerprint density at radius 1 is 1.19 bits per heavy atom. The summed E-state index contributed by atoms with van der Waals surface area (Å²) < 4.78 is 0. The maximum Gasteiger partial charge on any atom is 0.132 e. The fraction of sp³-hybridized carbons (Fsp3) is 0.733. The van der Waals surface area contributed by atoms with Crippen molar-refractivity contribution in [2.24, 2.45) is 0 Å². The number of likely N-dealkylation sites (N-methyl/N-ethyl adjacent to an activating group) is 1. The SMILES string of the molecule is CCCNc1cc(NCC(C)(O)CN(C)C)nc(CC)n1. The van der Waals surface area contributed by atoms with E-state index in [1.807, 2.05) is 38.9 Å². The van der Waals surface area contributed by atoms with Gasteiger partial charge in [0.2, 0.25) is 0 Å². The van der Waals surface area contributed by atoms with Crippen LogP contribution in [-0.2, 0) is 6.42 Å². The number of hydrogen-bond donors (Lipinski definition) is 3. The molecule has 1 aromatic rings. The van der Waals surface area contributed by atoms with Gasteiger partial charge >= 0.3 is 0 Å². The van der Waals surface area contributed by atoms with Gasteiger partial charge in [-0.3, -0.25) is 0 Å². The molecule has 0 saturated carbocycles. The maximum absolute atomic E-state index is 10.3. The Kier molecular flexibility index (Phi) is 6.84. The fourth-order valence-corrected chi connectivity index (χ4v) is 2.11. The molecule has 0 spiro atoms. The molecule has 0 aliphatic carbocycles. The summed E-state index contributed by atoms with van der Waals surface area (Å²) in [7, 11) is 3.89. The molecule has 1 heterocycles. The lowest BCUT2D eigenvalue weighted by molar-refractivity contribution is 0.0459. The molecule has 0 aliphatic rings. The fourth-order valence-electron chi connectivity index (χ4n) is 2.11. The summed E-state index contributed by atoms with van der Waals surface area (Å²) in [5.74, 6) is 2.38. The van der Waals surface area contributed by atoms with Crippen molar-refractivity contribution in [1.29, 1.82) is 0 Å². The molecule has 0 aliphatic heterocycles. The van der Waals surface area contributed by atoms with E-state index < -0.39 is 5.60 Å². The van der Waals surface area contributed by atoms with E-state index in [-0.39, 0.29) is 0 Å². The standard InChI is InChI=1S/C15H29N5O/c1-6-8-16-13-9-14(19-12(7-2)18-13)17-10-15(3,21)11-20(4)5/h9,21H,6-8,10-11H2,1-5H3,(H2,16,17,18,19). The molecule has 0 aromatic carbocycles. The van der Waals surface area contributed by atoms with Crippen molar-refractivity contribution in [2.45, 2.75) is 39.2 Å². The first kappa shape index (κ1) is 17.7. The number of hydrogen-bond acceptors (Lipinski definition) is 6. The molecule has 21 heavy (non-hydrogen) atoms. The van der Waals surface area contributed by atoms with Crippen LogP contribution in [0.5, 0.6) is 0 Å². The smallest absolute Gasteiger partial charge is 0.132 e. The van der Waals surface area contributed by atoms with Crippen LogP contribution in [0.2, 0.25) is 0 Å². The lowest BCUT2D eigenvalue weighted by atomic mass is 10.1. The predicted molar refractivity (Wildman–Crippen MR) is 87.9 cm³/mol. The molecule has 0 radical (unpaired) electrons. The molecule has 120 valence electrons. The monoisotopic (exact) mass is 295 g/mol. The van der Waals surface area contributed by atoms with Crippen molar-refractivity contribution < 1.29 is 5.11 Å². The van der Waals surface area contributed by atoms with Crippen LogP contribution in [0.3, 0.4) is 0 Å². The minimum atomic E-state index is -0.808. The van der Waals surface area contributed by atoms with Crippen LogP contribution in [0, 0.1) is 0 Å². The number of aliphatic hydroxyl groups is 1. The predicted octanol–water partition coefficient (Wildman–Crippen LogP) is 1.59. The lowest BCUT2D eigenvalue weighted by Gasteiger charge is -2.27. The van der Waals surface area contributed by atoms with Gasteiger partial charge in [-0.25, -0.2) is 9.97 Å². The van der Waals surface area contributed by atoms with Gasteiger partial charge in [-0.2, -0.15) is 0 Å². The minimum Gasteiger partial charge on any atom is -0.387 e. The van der Waals surface area contributed by atoms with Gasteiger partial charge in [0, 0.05) is 32.1 Å². The third-order valence-electron chi connectivity index (χ3n) is 2.95. The van der Waals surface area contributed by atoms with E-state index in [2.05, 4.69) is 27.5 Å². The third-order valence-corrected chi connectivity index (χ3v) is 2.95. The highest BCUT2D eigenvalue weighted by Crippen LogP contribution is 2.14. The van der Waals surface area contributed by atoms with Gasteiger partial charge in [-0.15, -0.1) is 0 Å². The van der Waals surface area contributed by atoms with Crippen molar-refractivity contribution in [3.8, 4) is 0 Å². The second-order valence-electron chi connectivity index (χ2n) is 5.92. The lowest BCUT2D eigenvalue weighted by Crippen LogP contribution is -2.43. The zero-order chi connectivity index (χ0) is 15.9. The molecule has 0 bridgehead atoms. The van der Waals surface area contributed by atoms with Crippen LogP contribution in [0.15, 0.2) is 6.07 Å². The molecule has 1 rings (SSSR count). The largest absolute Gasteiger partial charge is 0.387 e. The zero-order valence-corrected chi connectivity index (χ0v) is 13.9. The molecule has 1 unspecified atom stereocenters. The van der Waals surface area contributed by atoms with E-state index in [0.717, 1.165) is 36.8 Å². The minimum absolute atomic E-state index is 0.443. The molecule has 0 fully saturated rings. The van der Waals surface area contributed by atoms with Crippen LogP contribution in [0.4, 0.5) is 11.6 Å². The van der Waals surface area contributed by atoms with Gasteiger partial charge in [-0.05, 0) is 27.4 Å². The Balaban J connectivity index is 2.73. The van der Waals surface area contributed by atoms with Gasteiger partial charge in [0.1, 0.15) is 17.5 Å². The Bertz CT molecular complexity index is 434. The highest BCUT2D eigenvalue weighted by atomic mass is 16.3. The van der Waals surface area contributed by atoms with Crippen molar-refractivity contribution in [2.75, 3.05) is 44.4 Å². The van der Waals surface area contributed by atoms with Gasteiger partial charge < -0.3 is 20.6 Å². The Labute approximate surface area is 128 Å². The van der Waals surface area contributed by atoms with Gasteiger partial charge in [0.15, 0.2) is 0 Å². The summed E-state index contributed by atoms with van der Waals surface area (Å²) in [6, 6.07) is 1.89. The van der Waals surface area contributed by atoms with E-state index in [4.69, 9.17) is 0 Å². The van der Waals surface area contributed by atoms with Gasteiger partial charge in [0.05, 0.1) is 5.60 Å². The number of nitrogens with zero attached hydrogens (tertiary/aromatic N) is 3. The Morgan fingerprint density at radius 3 is 2.33 bits per heavy atom. The molecule has 0 amide bonds. The molecule has 3 N–H and O–H groups in total. The van der Waals surface area contributed by atoms with E-state index in [1.54, 1.807) is 0 Å². The highest BCUT2D eigenvalue weighted by molar-refractivity contribution is 5.47. The number of rotatable bonds is 9. The van der Waals surface area contributed by atoms with Crippen LogP contribution < -0.4 is 10.6 Å². The number of aryl methyl sites for hydroxylation is 1. The summed E-state index contributed by atoms with van der Waals surface area (Å²) in [5.41, 5.74) is -0.808. The third kappa shape index (κ3) is 6.73. The van der Waals surface area contributed by atoms with Crippen molar-refractivity contribution >= 4 is 11.6 Å². The second-order valence-corrected chi connectivity index (χ2v) is 5.92. The zero-order valence-electron chi connectivity index (χ0n) is 13.9. The quantitative estimate of drug-likeness (QED) is 0.642. The van der Waals surface area contributed by atoms with E-state index >= 15 is 0 Å². The molecular weight excluding hydrogens is 266 g/mol. The number of aromatic nitrogens is 2. The van der Waals surface area contributed by atoms with E-state index in [1.165, 1.54) is 0 Å². The molecular formula is C15H29N5O. The van der Waals surface area contributed by atoms with Crippen molar-refractivity contribution in [3.05, 3.63) is 11.9 Å². The Morgan fingerprint density at radius 2 is 1.81 bits per heavy atom. The molecule has 1 aromatic heterocycles. The summed E-state index contributed by atoms with van der Waals surface area (Å²) in [6.45, 7) is 7.89. The summed E-state index contributed by atoms with van der Waals surface area (Å²) in [6.07, 6.45) is 1.83. The first-order valence-corrected chi connectivity index (χ1v) is 7.59. The maximum atomic E-state index is 10.3. The first-order valence-electron chi connectivity index (χ1n) is 7.59. The molecule has 1 atom stereocenters.